The van der Waals surface area contributed by atoms with E-state index in [4.69, 9.17) is 9.47 Å². The molecule has 0 bridgehead atoms. The van der Waals surface area contributed by atoms with Crippen molar-refractivity contribution in [1.29, 1.82) is 0 Å². The largest absolute Gasteiger partial charge is 0.414 e. The molecule has 4 nitrogen and oxygen atoms in total. The van der Waals surface area contributed by atoms with Crippen LogP contribution in [0.5, 0.6) is 0 Å². The van der Waals surface area contributed by atoms with E-state index in [9.17, 15) is 9.59 Å². The summed E-state index contributed by atoms with van der Waals surface area (Å²) < 4.78 is 13.1. The van der Waals surface area contributed by atoms with Crippen molar-refractivity contribution in [3.63, 3.8) is 0 Å². The van der Waals surface area contributed by atoms with E-state index in [0.717, 1.165) is 20.1 Å². The third kappa shape index (κ3) is 3.13. The van der Waals surface area contributed by atoms with Gasteiger partial charge in [0.05, 0.1) is 11.1 Å². The van der Waals surface area contributed by atoms with Crippen molar-refractivity contribution in [2.75, 3.05) is 0 Å². The Hall–Kier alpha value is -1.66. The van der Waals surface area contributed by atoms with Crippen LogP contribution in [0.3, 0.4) is 0 Å². The highest BCUT2D eigenvalue weighted by molar-refractivity contribution is 9.10. The van der Waals surface area contributed by atoms with Gasteiger partial charge in [0.25, 0.3) is 0 Å². The molecule has 0 saturated heterocycles. The Labute approximate surface area is 162 Å². The lowest BCUT2D eigenvalue weighted by Crippen LogP contribution is -2.37. The molecule has 0 spiro atoms. The molecule has 0 radical (unpaired) electrons. The third-order valence-corrected chi connectivity index (χ3v) is 5.04. The molecule has 25 heavy (non-hydrogen) atoms. The van der Waals surface area contributed by atoms with Crippen molar-refractivity contribution in [3.05, 3.63) is 56.5 Å². The van der Waals surface area contributed by atoms with Crippen molar-refractivity contribution >= 4 is 43.8 Å². The monoisotopic (exact) mass is 466 g/mol. The molecule has 0 aliphatic heterocycles. The summed E-state index contributed by atoms with van der Waals surface area (Å²) in [5.74, 6) is -2.45. The first-order valence-electron chi connectivity index (χ1n) is 7.95. The summed E-state index contributed by atoms with van der Waals surface area (Å²) in [6.45, 7) is 3.41. The molecule has 3 rings (SSSR count). The first kappa shape index (κ1) is 18.1. The number of fused-ring (bicyclic) bond motifs is 3. The minimum Gasteiger partial charge on any atom is -0.414 e. The van der Waals surface area contributed by atoms with E-state index < -0.39 is 17.7 Å². The average Bonchev–Trinajstić information content (AvgIpc) is 2.84. The van der Waals surface area contributed by atoms with Crippen LogP contribution in [0.25, 0.3) is 11.1 Å². The highest BCUT2D eigenvalue weighted by Crippen LogP contribution is 2.52. The molecule has 0 unspecified atom stereocenters. The fourth-order valence-electron chi connectivity index (χ4n) is 2.90. The van der Waals surface area contributed by atoms with Crippen molar-refractivity contribution < 1.29 is 19.1 Å². The zero-order chi connectivity index (χ0) is 18.2. The lowest BCUT2D eigenvalue weighted by Gasteiger charge is -2.31. The van der Waals surface area contributed by atoms with Crippen molar-refractivity contribution in [1.82, 2.24) is 0 Å². The Kier molecular flexibility index (Phi) is 5.02. The van der Waals surface area contributed by atoms with E-state index in [-0.39, 0.29) is 12.8 Å². The topological polar surface area (TPSA) is 52.6 Å². The smallest absolute Gasteiger partial charge is 0.311 e. The molecule has 2 aromatic carbocycles. The van der Waals surface area contributed by atoms with E-state index in [2.05, 4.69) is 31.9 Å². The molecule has 0 N–H and O–H groups in total. The quantitative estimate of drug-likeness (QED) is 0.452. The highest BCUT2D eigenvalue weighted by Gasteiger charge is 2.50. The minimum atomic E-state index is -1.57. The molecule has 1 aliphatic rings. The molecule has 6 heteroatoms. The molecule has 0 atom stereocenters. The SMILES string of the molecule is CCC(=O)OC1(OC(=O)CC)c2cc(Br)ccc2-c2ccc(Br)cc21. The lowest BCUT2D eigenvalue weighted by atomic mass is 10.0. The fraction of sp³-hybridized carbons (Fsp3) is 0.263. The van der Waals surface area contributed by atoms with E-state index in [0.29, 0.717) is 11.1 Å². The van der Waals surface area contributed by atoms with Gasteiger partial charge < -0.3 is 9.47 Å². The summed E-state index contributed by atoms with van der Waals surface area (Å²) in [7, 11) is 0. The van der Waals surface area contributed by atoms with E-state index in [1.165, 1.54) is 0 Å². The summed E-state index contributed by atoms with van der Waals surface area (Å²) in [6, 6.07) is 11.3. The molecule has 0 saturated carbocycles. The number of esters is 2. The van der Waals surface area contributed by atoms with E-state index in [1.807, 2.05) is 36.4 Å². The number of carbonyl (C=O) groups is 2. The minimum absolute atomic E-state index is 0.179. The van der Waals surface area contributed by atoms with Crippen LogP contribution in [0.15, 0.2) is 45.3 Å². The summed E-state index contributed by atoms with van der Waals surface area (Å²) >= 11 is 6.90. The molecule has 0 fully saturated rings. The Bertz CT molecular complexity index is 789. The number of hydrogen-bond donors (Lipinski definition) is 0. The number of ether oxygens (including phenoxy) is 2. The van der Waals surface area contributed by atoms with Crippen LogP contribution >= 0.6 is 31.9 Å². The van der Waals surface area contributed by atoms with E-state index >= 15 is 0 Å². The zero-order valence-corrected chi connectivity index (χ0v) is 16.9. The van der Waals surface area contributed by atoms with Gasteiger partial charge in [0, 0.05) is 21.8 Å². The van der Waals surface area contributed by atoms with Gasteiger partial charge in [-0.25, -0.2) is 0 Å². The van der Waals surface area contributed by atoms with Crippen LogP contribution < -0.4 is 0 Å². The van der Waals surface area contributed by atoms with Gasteiger partial charge in [0.2, 0.25) is 0 Å². The second kappa shape index (κ2) is 6.92. The molecule has 1 aliphatic carbocycles. The molecule has 0 amide bonds. The first-order valence-corrected chi connectivity index (χ1v) is 9.54. The Balaban J connectivity index is 2.31. The van der Waals surface area contributed by atoms with Crippen LogP contribution in [0, 0.1) is 0 Å². The summed E-state index contributed by atoms with van der Waals surface area (Å²) in [6.07, 6.45) is 0.357. The highest BCUT2D eigenvalue weighted by atomic mass is 79.9. The number of carbonyl (C=O) groups excluding carboxylic acids is 2. The predicted octanol–water partition coefficient (Wildman–Crippen LogP) is 5.30. The van der Waals surface area contributed by atoms with Crippen LogP contribution in [-0.2, 0) is 24.8 Å². The van der Waals surface area contributed by atoms with Crippen molar-refractivity contribution in [3.8, 4) is 11.1 Å². The Morgan fingerprint density at radius 3 is 1.60 bits per heavy atom. The van der Waals surface area contributed by atoms with Crippen LogP contribution in [0.4, 0.5) is 0 Å². The van der Waals surface area contributed by atoms with Gasteiger partial charge in [-0.1, -0.05) is 57.8 Å². The standard InChI is InChI=1S/C19H16Br2O4/c1-3-17(22)24-19(25-18(23)4-2)15-9-11(20)5-7-13(15)14-8-6-12(21)10-16(14)19/h5-10H,3-4H2,1-2H3. The van der Waals surface area contributed by atoms with Crippen molar-refractivity contribution in [2.45, 2.75) is 32.5 Å². The predicted molar refractivity (Wildman–Crippen MR) is 101 cm³/mol. The number of halogens is 2. The van der Waals surface area contributed by atoms with Crippen molar-refractivity contribution in [2.24, 2.45) is 0 Å². The van der Waals surface area contributed by atoms with Crippen LogP contribution in [-0.4, -0.2) is 11.9 Å². The second-order valence-electron chi connectivity index (χ2n) is 5.65. The number of benzene rings is 2. The van der Waals surface area contributed by atoms with Gasteiger partial charge >= 0.3 is 17.7 Å². The number of hydrogen-bond acceptors (Lipinski definition) is 4. The van der Waals surface area contributed by atoms with Crippen LogP contribution in [0.1, 0.15) is 37.8 Å². The van der Waals surface area contributed by atoms with Gasteiger partial charge in [0.1, 0.15) is 0 Å². The fourth-order valence-corrected chi connectivity index (χ4v) is 3.62. The van der Waals surface area contributed by atoms with Gasteiger partial charge in [-0.2, -0.15) is 0 Å². The van der Waals surface area contributed by atoms with Crippen LogP contribution in [0.2, 0.25) is 0 Å². The maximum atomic E-state index is 12.2. The third-order valence-electron chi connectivity index (χ3n) is 4.06. The Morgan fingerprint density at radius 1 is 0.840 bits per heavy atom. The molecule has 0 heterocycles. The van der Waals surface area contributed by atoms with Gasteiger partial charge in [-0.3, -0.25) is 9.59 Å². The second-order valence-corrected chi connectivity index (χ2v) is 7.48. The van der Waals surface area contributed by atoms with E-state index in [1.54, 1.807) is 13.8 Å². The Morgan fingerprint density at radius 2 is 1.24 bits per heavy atom. The summed E-state index contributed by atoms with van der Waals surface area (Å²) in [4.78, 5) is 24.4. The normalized spacial score (nSPS) is 13.8. The lowest BCUT2D eigenvalue weighted by molar-refractivity contribution is -0.217. The maximum absolute atomic E-state index is 12.2. The van der Waals surface area contributed by atoms with Gasteiger partial charge in [-0.15, -0.1) is 0 Å². The molecular weight excluding hydrogens is 452 g/mol. The summed E-state index contributed by atoms with van der Waals surface area (Å²) in [5.41, 5.74) is 3.02. The first-order chi connectivity index (χ1) is 11.9. The molecule has 130 valence electrons. The maximum Gasteiger partial charge on any atom is 0.311 e. The molecular formula is C19H16Br2O4. The zero-order valence-electron chi connectivity index (χ0n) is 13.8. The summed E-state index contributed by atoms with van der Waals surface area (Å²) in [5, 5.41) is 0. The van der Waals surface area contributed by atoms with Gasteiger partial charge in [-0.05, 0) is 35.4 Å². The molecule has 2 aromatic rings. The number of rotatable bonds is 4. The molecule has 0 aromatic heterocycles. The average molecular weight is 468 g/mol. The van der Waals surface area contributed by atoms with Gasteiger partial charge in [0.15, 0.2) is 0 Å².